The number of rotatable bonds is 2. The molecule has 1 aliphatic heterocycles. The number of alkyl halides is 2. The molecule has 0 bridgehead atoms. The average Bonchev–Trinajstić information content (AvgIpc) is 3.05. The van der Waals surface area contributed by atoms with Crippen LogP contribution in [0.5, 0.6) is 0 Å². The second kappa shape index (κ2) is 6.16. The lowest BCUT2D eigenvalue weighted by molar-refractivity contribution is -0.0494. The van der Waals surface area contributed by atoms with Crippen molar-refractivity contribution in [2.45, 2.75) is 25.7 Å². The third-order valence-electron chi connectivity index (χ3n) is 4.75. The van der Waals surface area contributed by atoms with E-state index in [4.69, 9.17) is 0 Å². The maximum atomic E-state index is 13.3. The first-order valence-corrected chi connectivity index (χ1v) is 8.53. The Balaban J connectivity index is 1.61. The Morgan fingerprint density at radius 1 is 1.08 bits per heavy atom. The van der Waals surface area contributed by atoms with Crippen molar-refractivity contribution in [2.24, 2.45) is 0 Å². The van der Waals surface area contributed by atoms with Gasteiger partial charge in [0, 0.05) is 31.5 Å². The summed E-state index contributed by atoms with van der Waals surface area (Å²) in [7, 11) is 0. The van der Waals surface area contributed by atoms with Gasteiger partial charge in [0.1, 0.15) is 5.52 Å². The summed E-state index contributed by atoms with van der Waals surface area (Å²) in [6, 6.07) is 13.1. The molecule has 1 amide bonds. The molecule has 1 aliphatic rings. The topological polar surface area (TPSA) is 51.0 Å². The number of benzene rings is 2. The van der Waals surface area contributed by atoms with Gasteiger partial charge in [-0.2, -0.15) is 0 Å². The minimum Gasteiger partial charge on any atom is -0.338 e. The molecule has 0 radical (unpaired) electrons. The first-order valence-electron chi connectivity index (χ1n) is 8.53. The summed E-state index contributed by atoms with van der Waals surface area (Å²) in [4.78, 5) is 14.1. The number of carbonyl (C=O) groups excluding carboxylic acids is 1. The van der Waals surface area contributed by atoms with Crippen LogP contribution in [0.25, 0.3) is 16.7 Å². The SMILES string of the molecule is Cc1ccc(-n2nnc3cc(C(=O)N4CCC(F)(F)CC4)ccc32)cc1. The summed E-state index contributed by atoms with van der Waals surface area (Å²) < 4.78 is 28.3. The van der Waals surface area contributed by atoms with Gasteiger partial charge in [0.05, 0.1) is 11.2 Å². The smallest absolute Gasteiger partial charge is 0.253 e. The number of carbonyl (C=O) groups is 1. The van der Waals surface area contributed by atoms with Crippen LogP contribution in [0.3, 0.4) is 0 Å². The number of hydrogen-bond acceptors (Lipinski definition) is 3. The van der Waals surface area contributed by atoms with Crippen LogP contribution in [0.4, 0.5) is 8.78 Å². The number of amides is 1. The van der Waals surface area contributed by atoms with Gasteiger partial charge in [-0.1, -0.05) is 22.9 Å². The Kier molecular flexibility index (Phi) is 3.94. The summed E-state index contributed by atoms with van der Waals surface area (Å²) in [6.45, 7) is 2.15. The monoisotopic (exact) mass is 356 g/mol. The van der Waals surface area contributed by atoms with Crippen LogP contribution in [0.15, 0.2) is 42.5 Å². The van der Waals surface area contributed by atoms with Gasteiger partial charge >= 0.3 is 0 Å². The normalized spacial score (nSPS) is 16.8. The van der Waals surface area contributed by atoms with Crippen LogP contribution in [0.1, 0.15) is 28.8 Å². The third-order valence-corrected chi connectivity index (χ3v) is 4.75. The number of aromatic nitrogens is 3. The molecule has 134 valence electrons. The van der Waals surface area contributed by atoms with Crippen LogP contribution < -0.4 is 0 Å². The molecular weight excluding hydrogens is 338 g/mol. The number of hydrogen-bond donors (Lipinski definition) is 0. The van der Waals surface area contributed by atoms with Crippen molar-refractivity contribution < 1.29 is 13.6 Å². The molecule has 0 atom stereocenters. The molecule has 7 heteroatoms. The van der Waals surface area contributed by atoms with Gasteiger partial charge in [-0.25, -0.2) is 13.5 Å². The predicted octanol–water partition coefficient (Wildman–Crippen LogP) is 3.60. The van der Waals surface area contributed by atoms with Crippen LogP contribution in [0.2, 0.25) is 0 Å². The molecule has 4 rings (SSSR count). The lowest BCUT2D eigenvalue weighted by Gasteiger charge is -2.31. The van der Waals surface area contributed by atoms with E-state index in [0.717, 1.165) is 16.8 Å². The summed E-state index contributed by atoms with van der Waals surface area (Å²) >= 11 is 0. The van der Waals surface area contributed by atoms with Gasteiger partial charge in [-0.05, 0) is 37.3 Å². The van der Waals surface area contributed by atoms with Crippen molar-refractivity contribution in [3.63, 3.8) is 0 Å². The number of piperidine rings is 1. The van der Waals surface area contributed by atoms with Gasteiger partial charge in [0.15, 0.2) is 0 Å². The first kappa shape index (κ1) is 16.6. The van der Waals surface area contributed by atoms with Crippen molar-refractivity contribution in [3.8, 4) is 5.69 Å². The Bertz CT molecular complexity index is 955. The van der Waals surface area contributed by atoms with Crippen molar-refractivity contribution in [3.05, 3.63) is 53.6 Å². The van der Waals surface area contributed by atoms with E-state index in [2.05, 4.69) is 10.3 Å². The van der Waals surface area contributed by atoms with Crippen molar-refractivity contribution in [2.75, 3.05) is 13.1 Å². The van der Waals surface area contributed by atoms with Crippen LogP contribution >= 0.6 is 0 Å². The molecule has 0 spiro atoms. The van der Waals surface area contributed by atoms with Crippen molar-refractivity contribution >= 4 is 16.9 Å². The highest BCUT2D eigenvalue weighted by Gasteiger charge is 2.35. The fourth-order valence-electron chi connectivity index (χ4n) is 3.15. The van der Waals surface area contributed by atoms with E-state index in [-0.39, 0.29) is 31.8 Å². The maximum absolute atomic E-state index is 13.3. The number of halogens is 2. The Morgan fingerprint density at radius 2 is 1.77 bits per heavy atom. The number of aryl methyl sites for hydroxylation is 1. The highest BCUT2D eigenvalue weighted by molar-refractivity contribution is 5.97. The highest BCUT2D eigenvalue weighted by Crippen LogP contribution is 2.28. The highest BCUT2D eigenvalue weighted by atomic mass is 19.3. The minimum absolute atomic E-state index is 0.0694. The van der Waals surface area contributed by atoms with E-state index in [1.54, 1.807) is 22.9 Å². The quantitative estimate of drug-likeness (QED) is 0.705. The lowest BCUT2D eigenvalue weighted by Crippen LogP contribution is -2.42. The fraction of sp³-hybridized carbons (Fsp3) is 0.316. The largest absolute Gasteiger partial charge is 0.338 e. The van der Waals surface area contributed by atoms with E-state index in [9.17, 15) is 13.6 Å². The Hall–Kier alpha value is -2.83. The lowest BCUT2D eigenvalue weighted by atomic mass is 10.1. The fourth-order valence-corrected chi connectivity index (χ4v) is 3.15. The Morgan fingerprint density at radius 3 is 2.46 bits per heavy atom. The van der Waals surface area contributed by atoms with Crippen molar-refractivity contribution in [1.82, 2.24) is 19.9 Å². The zero-order valence-electron chi connectivity index (χ0n) is 14.3. The molecule has 1 saturated heterocycles. The molecule has 26 heavy (non-hydrogen) atoms. The minimum atomic E-state index is -2.67. The van der Waals surface area contributed by atoms with Crippen molar-refractivity contribution in [1.29, 1.82) is 0 Å². The molecule has 0 unspecified atom stereocenters. The van der Waals surface area contributed by atoms with E-state index in [0.29, 0.717) is 11.1 Å². The van der Waals surface area contributed by atoms with Crippen LogP contribution in [-0.2, 0) is 0 Å². The zero-order valence-corrected chi connectivity index (χ0v) is 14.3. The van der Waals surface area contributed by atoms with E-state index in [1.165, 1.54) is 4.90 Å². The third kappa shape index (κ3) is 3.05. The van der Waals surface area contributed by atoms with Gasteiger partial charge in [-0.15, -0.1) is 5.10 Å². The molecule has 3 aromatic rings. The first-order chi connectivity index (χ1) is 12.4. The van der Waals surface area contributed by atoms with Gasteiger partial charge < -0.3 is 4.90 Å². The number of fused-ring (bicyclic) bond motifs is 1. The number of nitrogens with zero attached hydrogens (tertiary/aromatic N) is 4. The zero-order chi connectivity index (χ0) is 18.3. The molecule has 2 heterocycles. The standard InChI is InChI=1S/C19H18F2N4O/c1-13-2-5-15(6-3-13)25-17-7-4-14(12-16(17)22-23-25)18(26)24-10-8-19(20,21)9-11-24/h2-7,12H,8-11H2,1H3. The molecular formula is C19H18F2N4O. The molecule has 2 aromatic carbocycles. The second-order valence-electron chi connectivity index (χ2n) is 6.69. The van der Waals surface area contributed by atoms with E-state index >= 15 is 0 Å². The maximum Gasteiger partial charge on any atom is 0.253 e. The second-order valence-corrected chi connectivity index (χ2v) is 6.69. The molecule has 5 nitrogen and oxygen atoms in total. The molecule has 0 N–H and O–H groups in total. The summed E-state index contributed by atoms with van der Waals surface area (Å²) in [6.07, 6.45) is -0.574. The molecule has 0 saturated carbocycles. The summed E-state index contributed by atoms with van der Waals surface area (Å²) in [5.41, 5.74) is 3.86. The van der Waals surface area contributed by atoms with Gasteiger partial charge in [0.25, 0.3) is 11.8 Å². The predicted molar refractivity (Wildman–Crippen MR) is 93.7 cm³/mol. The van der Waals surface area contributed by atoms with Gasteiger partial charge in [-0.3, -0.25) is 4.79 Å². The summed E-state index contributed by atoms with van der Waals surface area (Å²) in [5, 5.41) is 8.32. The number of likely N-dealkylation sites (tertiary alicyclic amines) is 1. The molecule has 1 fully saturated rings. The van der Waals surface area contributed by atoms with Crippen LogP contribution in [-0.4, -0.2) is 44.8 Å². The average molecular weight is 356 g/mol. The summed E-state index contributed by atoms with van der Waals surface area (Å²) in [5.74, 6) is -2.91. The molecule has 0 aliphatic carbocycles. The Labute approximate surface area is 149 Å². The molecule has 1 aromatic heterocycles. The van der Waals surface area contributed by atoms with E-state index in [1.807, 2.05) is 31.2 Å². The van der Waals surface area contributed by atoms with Gasteiger partial charge in [0.2, 0.25) is 0 Å². The van der Waals surface area contributed by atoms with Crippen LogP contribution in [0, 0.1) is 6.92 Å². The van der Waals surface area contributed by atoms with E-state index < -0.39 is 5.92 Å².